The van der Waals surface area contributed by atoms with E-state index in [1.54, 1.807) is 7.11 Å². The van der Waals surface area contributed by atoms with Crippen molar-refractivity contribution in [3.05, 3.63) is 28.8 Å². The molecule has 0 amide bonds. The van der Waals surface area contributed by atoms with E-state index in [-0.39, 0.29) is 6.10 Å². The van der Waals surface area contributed by atoms with Crippen LogP contribution < -0.4 is 4.74 Å². The third-order valence-corrected chi connectivity index (χ3v) is 3.65. The van der Waals surface area contributed by atoms with Gasteiger partial charge in [0, 0.05) is 0 Å². The van der Waals surface area contributed by atoms with Gasteiger partial charge < -0.3 is 9.84 Å². The largest absolute Gasteiger partial charge is 0.496 e. The average Bonchev–Trinajstić information content (AvgIpc) is 3.10. The second kappa shape index (κ2) is 5.09. The fourth-order valence-electron chi connectivity index (χ4n) is 2.47. The average molecular weight is 234 g/mol. The monoisotopic (exact) mass is 234 g/mol. The SMILES string of the molecule is COc1cc(C)cc(C)c1CCC(O)C1CC1. The molecule has 2 heteroatoms. The van der Waals surface area contributed by atoms with Crippen molar-refractivity contribution < 1.29 is 9.84 Å². The quantitative estimate of drug-likeness (QED) is 0.848. The Morgan fingerprint density at radius 1 is 1.35 bits per heavy atom. The first-order valence-corrected chi connectivity index (χ1v) is 6.44. The fraction of sp³-hybridized carbons (Fsp3) is 0.600. The number of benzene rings is 1. The third-order valence-electron chi connectivity index (χ3n) is 3.65. The summed E-state index contributed by atoms with van der Waals surface area (Å²) in [5.74, 6) is 1.53. The predicted octanol–water partition coefficient (Wildman–Crippen LogP) is 3.02. The summed E-state index contributed by atoms with van der Waals surface area (Å²) in [4.78, 5) is 0. The molecule has 0 aromatic heterocycles. The van der Waals surface area contributed by atoms with Crippen LogP contribution in [0.3, 0.4) is 0 Å². The molecule has 1 aromatic rings. The third kappa shape index (κ3) is 3.01. The van der Waals surface area contributed by atoms with Gasteiger partial charge in [0.15, 0.2) is 0 Å². The zero-order valence-electron chi connectivity index (χ0n) is 11.0. The Hall–Kier alpha value is -1.02. The number of aliphatic hydroxyl groups excluding tert-OH is 1. The Balaban J connectivity index is 2.07. The zero-order chi connectivity index (χ0) is 12.4. The highest BCUT2D eigenvalue weighted by Gasteiger charge is 2.29. The minimum atomic E-state index is -0.125. The number of aryl methyl sites for hydroxylation is 2. The highest BCUT2D eigenvalue weighted by molar-refractivity contribution is 5.43. The number of rotatable bonds is 5. The number of aliphatic hydroxyl groups is 1. The van der Waals surface area contributed by atoms with Gasteiger partial charge in [0.25, 0.3) is 0 Å². The van der Waals surface area contributed by atoms with E-state index in [0.29, 0.717) is 5.92 Å². The molecule has 2 nitrogen and oxygen atoms in total. The number of hydrogen-bond acceptors (Lipinski definition) is 2. The maximum absolute atomic E-state index is 9.92. The lowest BCUT2D eigenvalue weighted by Crippen LogP contribution is -2.11. The summed E-state index contributed by atoms with van der Waals surface area (Å²) in [5, 5.41) is 9.92. The summed E-state index contributed by atoms with van der Waals surface area (Å²) in [7, 11) is 1.72. The first-order valence-electron chi connectivity index (χ1n) is 6.44. The van der Waals surface area contributed by atoms with Crippen LogP contribution in [-0.2, 0) is 6.42 Å². The van der Waals surface area contributed by atoms with Crippen LogP contribution in [0.5, 0.6) is 5.75 Å². The molecule has 1 aromatic carbocycles. The molecular weight excluding hydrogens is 212 g/mol. The molecule has 0 spiro atoms. The van der Waals surface area contributed by atoms with Gasteiger partial charge in [0.2, 0.25) is 0 Å². The molecule has 1 N–H and O–H groups in total. The van der Waals surface area contributed by atoms with E-state index in [1.807, 2.05) is 0 Å². The molecule has 1 saturated carbocycles. The summed E-state index contributed by atoms with van der Waals surface area (Å²) in [6, 6.07) is 4.26. The summed E-state index contributed by atoms with van der Waals surface area (Å²) in [5.41, 5.74) is 3.74. The van der Waals surface area contributed by atoms with Gasteiger partial charge >= 0.3 is 0 Å². The van der Waals surface area contributed by atoms with Gasteiger partial charge in [-0.25, -0.2) is 0 Å². The molecule has 2 rings (SSSR count). The molecule has 1 aliphatic rings. The lowest BCUT2D eigenvalue weighted by Gasteiger charge is -2.15. The van der Waals surface area contributed by atoms with E-state index in [1.165, 1.54) is 29.5 Å². The minimum Gasteiger partial charge on any atom is -0.496 e. The van der Waals surface area contributed by atoms with Crippen molar-refractivity contribution in [3.8, 4) is 5.75 Å². The van der Waals surface area contributed by atoms with Crippen molar-refractivity contribution in [3.63, 3.8) is 0 Å². The molecule has 0 heterocycles. The summed E-state index contributed by atoms with van der Waals surface area (Å²) in [6.07, 6.45) is 4.04. The molecular formula is C15H22O2. The standard InChI is InChI=1S/C15H22O2/c1-10-8-11(2)13(15(9-10)17-3)6-7-14(16)12-4-5-12/h8-9,12,14,16H,4-7H2,1-3H3. The van der Waals surface area contributed by atoms with Crippen molar-refractivity contribution in [2.75, 3.05) is 7.11 Å². The van der Waals surface area contributed by atoms with Gasteiger partial charge in [-0.1, -0.05) is 6.07 Å². The Bertz CT molecular complexity index is 394. The predicted molar refractivity (Wildman–Crippen MR) is 69.5 cm³/mol. The van der Waals surface area contributed by atoms with Crippen LogP contribution in [0, 0.1) is 19.8 Å². The van der Waals surface area contributed by atoms with Crippen molar-refractivity contribution in [1.29, 1.82) is 0 Å². The second-order valence-electron chi connectivity index (χ2n) is 5.21. The maximum atomic E-state index is 9.92. The zero-order valence-corrected chi connectivity index (χ0v) is 11.0. The number of methoxy groups -OCH3 is 1. The molecule has 0 bridgehead atoms. The van der Waals surface area contributed by atoms with Gasteiger partial charge in [-0.2, -0.15) is 0 Å². The van der Waals surface area contributed by atoms with E-state index < -0.39 is 0 Å². The van der Waals surface area contributed by atoms with Crippen molar-refractivity contribution in [1.82, 2.24) is 0 Å². The molecule has 0 aliphatic heterocycles. The van der Waals surface area contributed by atoms with Crippen molar-refractivity contribution >= 4 is 0 Å². The van der Waals surface area contributed by atoms with E-state index in [0.717, 1.165) is 18.6 Å². The van der Waals surface area contributed by atoms with Crippen LogP contribution >= 0.6 is 0 Å². The Morgan fingerprint density at radius 2 is 2.06 bits per heavy atom. The Morgan fingerprint density at radius 3 is 2.65 bits per heavy atom. The van der Waals surface area contributed by atoms with Gasteiger partial charge in [-0.05, 0) is 68.2 Å². The van der Waals surface area contributed by atoms with Crippen LogP contribution in [0.25, 0.3) is 0 Å². The normalized spacial score (nSPS) is 16.9. The minimum absolute atomic E-state index is 0.125. The van der Waals surface area contributed by atoms with Crippen LogP contribution in [-0.4, -0.2) is 18.3 Å². The van der Waals surface area contributed by atoms with E-state index in [4.69, 9.17) is 4.74 Å². The number of hydrogen-bond donors (Lipinski definition) is 1. The van der Waals surface area contributed by atoms with E-state index in [9.17, 15) is 5.11 Å². The number of ether oxygens (including phenoxy) is 1. The van der Waals surface area contributed by atoms with Gasteiger partial charge in [0.05, 0.1) is 13.2 Å². The molecule has 1 unspecified atom stereocenters. The summed E-state index contributed by atoms with van der Waals surface area (Å²) < 4.78 is 5.43. The maximum Gasteiger partial charge on any atom is 0.122 e. The molecule has 0 radical (unpaired) electrons. The Labute approximate surface area is 104 Å². The lowest BCUT2D eigenvalue weighted by atomic mass is 9.97. The van der Waals surface area contributed by atoms with Crippen LogP contribution in [0.15, 0.2) is 12.1 Å². The fourth-order valence-corrected chi connectivity index (χ4v) is 2.47. The van der Waals surface area contributed by atoms with E-state index >= 15 is 0 Å². The van der Waals surface area contributed by atoms with Crippen molar-refractivity contribution in [2.45, 2.75) is 45.6 Å². The Kier molecular flexibility index (Phi) is 3.72. The summed E-state index contributed by atoms with van der Waals surface area (Å²) in [6.45, 7) is 4.20. The second-order valence-corrected chi connectivity index (χ2v) is 5.21. The molecule has 1 fully saturated rings. The van der Waals surface area contributed by atoms with Crippen LogP contribution in [0.2, 0.25) is 0 Å². The van der Waals surface area contributed by atoms with Gasteiger partial charge in [-0.15, -0.1) is 0 Å². The van der Waals surface area contributed by atoms with E-state index in [2.05, 4.69) is 26.0 Å². The van der Waals surface area contributed by atoms with Gasteiger partial charge in [0.1, 0.15) is 5.75 Å². The molecule has 0 saturated heterocycles. The van der Waals surface area contributed by atoms with Crippen molar-refractivity contribution in [2.24, 2.45) is 5.92 Å². The topological polar surface area (TPSA) is 29.5 Å². The summed E-state index contributed by atoms with van der Waals surface area (Å²) >= 11 is 0. The molecule has 17 heavy (non-hydrogen) atoms. The first kappa shape index (κ1) is 12.4. The van der Waals surface area contributed by atoms with Gasteiger partial charge in [-0.3, -0.25) is 0 Å². The van der Waals surface area contributed by atoms with Crippen LogP contribution in [0.1, 0.15) is 36.0 Å². The molecule has 1 atom stereocenters. The highest BCUT2D eigenvalue weighted by Crippen LogP contribution is 2.35. The smallest absolute Gasteiger partial charge is 0.122 e. The highest BCUT2D eigenvalue weighted by atomic mass is 16.5. The van der Waals surface area contributed by atoms with Crippen LogP contribution in [0.4, 0.5) is 0 Å². The molecule has 94 valence electrons. The molecule has 1 aliphatic carbocycles. The first-order chi connectivity index (χ1) is 8.11. The lowest BCUT2D eigenvalue weighted by molar-refractivity contribution is 0.141.